The monoisotopic (exact) mass is 354 g/mol. The number of H-pyrrole nitrogens is 1. The fraction of sp³-hybridized carbons (Fsp3) is 0.632. The Morgan fingerprint density at radius 3 is 2.62 bits per heavy atom. The molecule has 2 fully saturated rings. The van der Waals surface area contributed by atoms with Gasteiger partial charge in [-0.05, 0) is 38.5 Å². The Labute approximate surface area is 153 Å². The molecule has 1 aliphatic carbocycles. The lowest BCUT2D eigenvalue weighted by atomic mass is 9.91. The molecule has 1 saturated carbocycles. The molecule has 0 aromatic carbocycles. The number of carbonyl (C=O) groups is 1. The highest BCUT2D eigenvalue weighted by Gasteiger charge is 2.46. The lowest BCUT2D eigenvalue weighted by Crippen LogP contribution is -2.30. The van der Waals surface area contributed by atoms with Crippen LogP contribution in [0.5, 0.6) is 0 Å². The van der Waals surface area contributed by atoms with E-state index in [0.717, 1.165) is 23.9 Å². The molecular formula is C19H26N6O. The summed E-state index contributed by atoms with van der Waals surface area (Å²) < 4.78 is 0. The van der Waals surface area contributed by atoms with Crippen molar-refractivity contribution in [3.8, 4) is 0 Å². The number of amides is 1. The van der Waals surface area contributed by atoms with E-state index >= 15 is 0 Å². The predicted octanol–water partition coefficient (Wildman–Crippen LogP) is 2.60. The Morgan fingerprint density at radius 1 is 1.23 bits per heavy atom. The van der Waals surface area contributed by atoms with E-state index in [4.69, 9.17) is 4.98 Å². The van der Waals surface area contributed by atoms with E-state index in [1.165, 1.54) is 12.8 Å². The van der Waals surface area contributed by atoms with Crippen LogP contribution >= 0.6 is 0 Å². The summed E-state index contributed by atoms with van der Waals surface area (Å²) in [5.41, 5.74) is 1.35. The molecule has 7 nitrogen and oxygen atoms in total. The molecule has 138 valence electrons. The minimum atomic E-state index is 0.0271. The lowest BCUT2D eigenvalue weighted by Gasteiger charge is -2.17. The predicted molar refractivity (Wildman–Crippen MR) is 96.8 cm³/mol. The van der Waals surface area contributed by atoms with Crippen molar-refractivity contribution >= 4 is 5.91 Å². The van der Waals surface area contributed by atoms with Crippen molar-refractivity contribution in [3.05, 3.63) is 34.9 Å². The van der Waals surface area contributed by atoms with Crippen molar-refractivity contribution in [2.24, 2.45) is 11.8 Å². The van der Waals surface area contributed by atoms with E-state index in [9.17, 15) is 4.79 Å². The summed E-state index contributed by atoms with van der Waals surface area (Å²) in [6, 6.07) is 0. The Kier molecular flexibility index (Phi) is 4.25. The van der Waals surface area contributed by atoms with E-state index in [2.05, 4.69) is 34.0 Å². The molecule has 7 heteroatoms. The molecule has 1 saturated heterocycles. The largest absolute Gasteiger partial charge is 0.337 e. The van der Waals surface area contributed by atoms with Crippen molar-refractivity contribution in [2.75, 3.05) is 13.1 Å². The maximum atomic E-state index is 13.1. The molecule has 2 atom stereocenters. The summed E-state index contributed by atoms with van der Waals surface area (Å²) in [5.74, 6) is 4.18. The first-order valence-corrected chi connectivity index (χ1v) is 9.45. The quantitative estimate of drug-likeness (QED) is 0.912. The van der Waals surface area contributed by atoms with E-state index < -0.39 is 0 Å². The number of nitrogens with one attached hydrogen (secondary N) is 1. The Balaban J connectivity index is 1.58. The number of carbonyl (C=O) groups excluding carboxylic acids is 1. The fourth-order valence-electron chi connectivity index (χ4n) is 3.96. The third-order valence-corrected chi connectivity index (χ3v) is 5.60. The van der Waals surface area contributed by atoms with Crippen LogP contribution in [0.1, 0.15) is 72.1 Å². The summed E-state index contributed by atoms with van der Waals surface area (Å²) in [7, 11) is 0. The first-order chi connectivity index (χ1) is 12.4. The number of aromatic nitrogens is 5. The summed E-state index contributed by atoms with van der Waals surface area (Å²) in [4.78, 5) is 28.3. The normalized spacial score (nSPS) is 23.0. The molecule has 1 N–H and O–H groups in total. The number of aromatic amines is 1. The van der Waals surface area contributed by atoms with Gasteiger partial charge in [-0.1, -0.05) is 13.8 Å². The molecule has 0 spiro atoms. The fourth-order valence-corrected chi connectivity index (χ4v) is 3.96. The van der Waals surface area contributed by atoms with Gasteiger partial charge < -0.3 is 4.90 Å². The van der Waals surface area contributed by atoms with Crippen molar-refractivity contribution in [1.29, 1.82) is 0 Å². The second-order valence-electron chi connectivity index (χ2n) is 7.97. The lowest BCUT2D eigenvalue weighted by molar-refractivity contribution is 0.0783. The van der Waals surface area contributed by atoms with Crippen LogP contribution in [0.2, 0.25) is 0 Å². The van der Waals surface area contributed by atoms with Gasteiger partial charge in [-0.2, -0.15) is 5.10 Å². The molecule has 1 amide bonds. The third-order valence-electron chi connectivity index (χ3n) is 5.60. The van der Waals surface area contributed by atoms with E-state index in [0.29, 0.717) is 35.7 Å². The van der Waals surface area contributed by atoms with Crippen LogP contribution in [-0.4, -0.2) is 49.0 Å². The minimum absolute atomic E-state index is 0.0271. The van der Waals surface area contributed by atoms with Crippen LogP contribution < -0.4 is 0 Å². The SMILES string of the molecule is Cc1ncc(C(=O)N2C[C@H](c3nc(C(C)C)n[nH]3)[C@@H](C3CC3)C2)c(C)n1. The van der Waals surface area contributed by atoms with Gasteiger partial charge in [-0.25, -0.2) is 15.0 Å². The molecule has 0 unspecified atom stereocenters. The van der Waals surface area contributed by atoms with Gasteiger partial charge >= 0.3 is 0 Å². The van der Waals surface area contributed by atoms with E-state index in [1.54, 1.807) is 6.20 Å². The van der Waals surface area contributed by atoms with Crippen LogP contribution in [0, 0.1) is 25.7 Å². The first-order valence-electron chi connectivity index (χ1n) is 9.45. The first kappa shape index (κ1) is 17.1. The van der Waals surface area contributed by atoms with Crippen molar-refractivity contribution in [3.63, 3.8) is 0 Å². The highest BCUT2D eigenvalue weighted by molar-refractivity contribution is 5.95. The van der Waals surface area contributed by atoms with Crippen molar-refractivity contribution < 1.29 is 4.79 Å². The summed E-state index contributed by atoms with van der Waals surface area (Å²) in [6.07, 6.45) is 4.16. The molecule has 4 rings (SSSR count). The standard InChI is InChI=1S/C19H26N6O/c1-10(2)17-22-18(24-23-17)16-9-25(8-15(16)13-5-6-13)19(26)14-7-20-12(4)21-11(14)3/h7,10,13,15-16H,5-6,8-9H2,1-4H3,(H,22,23,24)/t15-,16+/m1/s1. The average Bonchev–Trinajstić information content (AvgIpc) is 3.15. The second-order valence-corrected chi connectivity index (χ2v) is 7.97. The molecule has 2 aromatic rings. The molecule has 0 bridgehead atoms. The van der Waals surface area contributed by atoms with Gasteiger partial charge in [0, 0.05) is 31.1 Å². The van der Waals surface area contributed by atoms with Gasteiger partial charge in [0.05, 0.1) is 11.3 Å². The Bertz CT molecular complexity index is 825. The molecule has 2 aromatic heterocycles. The summed E-state index contributed by atoms with van der Waals surface area (Å²) >= 11 is 0. The molecule has 1 aliphatic heterocycles. The maximum Gasteiger partial charge on any atom is 0.257 e. The van der Waals surface area contributed by atoms with Crippen LogP contribution in [0.3, 0.4) is 0 Å². The number of rotatable bonds is 4. The summed E-state index contributed by atoms with van der Waals surface area (Å²) in [6.45, 7) is 9.36. The van der Waals surface area contributed by atoms with Gasteiger partial charge in [0.15, 0.2) is 5.82 Å². The van der Waals surface area contributed by atoms with Crippen LogP contribution in [0.25, 0.3) is 0 Å². The van der Waals surface area contributed by atoms with E-state index in [-0.39, 0.29) is 11.8 Å². The smallest absolute Gasteiger partial charge is 0.257 e. The topological polar surface area (TPSA) is 87.7 Å². The number of aryl methyl sites for hydroxylation is 2. The van der Waals surface area contributed by atoms with Gasteiger partial charge in [0.2, 0.25) is 0 Å². The number of nitrogens with zero attached hydrogens (tertiary/aromatic N) is 5. The van der Waals surface area contributed by atoms with Crippen LogP contribution in [-0.2, 0) is 0 Å². The number of hydrogen-bond donors (Lipinski definition) is 1. The van der Waals surface area contributed by atoms with Crippen molar-refractivity contribution in [1.82, 2.24) is 30.0 Å². The molecule has 2 aliphatic rings. The Morgan fingerprint density at radius 2 is 2.00 bits per heavy atom. The Hall–Kier alpha value is -2.31. The molecule has 26 heavy (non-hydrogen) atoms. The summed E-state index contributed by atoms with van der Waals surface area (Å²) in [5, 5.41) is 7.50. The zero-order valence-electron chi connectivity index (χ0n) is 15.9. The zero-order valence-corrected chi connectivity index (χ0v) is 15.9. The highest BCUT2D eigenvalue weighted by atomic mass is 16.2. The molecule has 0 radical (unpaired) electrons. The van der Waals surface area contributed by atoms with Gasteiger partial charge in [-0.3, -0.25) is 9.89 Å². The third kappa shape index (κ3) is 3.10. The highest BCUT2D eigenvalue weighted by Crippen LogP contribution is 2.47. The molecular weight excluding hydrogens is 328 g/mol. The van der Waals surface area contributed by atoms with Gasteiger partial charge in [0.25, 0.3) is 5.91 Å². The average molecular weight is 354 g/mol. The molecule has 3 heterocycles. The number of hydrogen-bond acceptors (Lipinski definition) is 5. The van der Waals surface area contributed by atoms with Crippen LogP contribution in [0.4, 0.5) is 0 Å². The minimum Gasteiger partial charge on any atom is -0.337 e. The zero-order chi connectivity index (χ0) is 18.4. The van der Waals surface area contributed by atoms with Crippen LogP contribution in [0.15, 0.2) is 6.20 Å². The maximum absolute atomic E-state index is 13.1. The van der Waals surface area contributed by atoms with Crippen molar-refractivity contribution in [2.45, 2.75) is 52.4 Å². The van der Waals surface area contributed by atoms with Gasteiger partial charge in [-0.15, -0.1) is 0 Å². The number of likely N-dealkylation sites (tertiary alicyclic amines) is 1. The second kappa shape index (κ2) is 6.45. The van der Waals surface area contributed by atoms with Gasteiger partial charge in [0.1, 0.15) is 11.6 Å². The van der Waals surface area contributed by atoms with E-state index in [1.807, 2.05) is 18.7 Å².